The van der Waals surface area contributed by atoms with Gasteiger partial charge in [-0.25, -0.2) is 0 Å². The first-order valence-corrected chi connectivity index (χ1v) is 8.22. The van der Waals surface area contributed by atoms with Crippen LogP contribution in [-0.4, -0.2) is 24.5 Å². The Morgan fingerprint density at radius 3 is 2.79 bits per heavy atom. The lowest BCUT2D eigenvalue weighted by Crippen LogP contribution is -2.42. The number of furan rings is 1. The fourth-order valence-corrected chi connectivity index (χ4v) is 2.78. The van der Waals surface area contributed by atoms with E-state index < -0.39 is 11.9 Å². The highest BCUT2D eigenvalue weighted by Gasteiger charge is 2.22. The van der Waals surface area contributed by atoms with E-state index in [-0.39, 0.29) is 5.91 Å². The zero-order valence-corrected chi connectivity index (χ0v) is 13.9. The van der Waals surface area contributed by atoms with Crippen molar-refractivity contribution in [2.75, 3.05) is 6.61 Å². The summed E-state index contributed by atoms with van der Waals surface area (Å²) in [7, 11) is 0. The number of aryl methyl sites for hydroxylation is 1. The largest absolute Gasteiger partial charge is 0.493 e. The third-order valence-corrected chi connectivity index (χ3v) is 4.55. The molecule has 0 radical (unpaired) electrons. The fourth-order valence-electron chi connectivity index (χ4n) is 2.78. The Hall–Kier alpha value is -2.50. The first-order chi connectivity index (χ1) is 11.5. The first-order valence-electron chi connectivity index (χ1n) is 8.22. The van der Waals surface area contributed by atoms with Gasteiger partial charge in [0.05, 0.1) is 12.2 Å². The van der Waals surface area contributed by atoms with Gasteiger partial charge in [-0.2, -0.15) is 0 Å². The van der Waals surface area contributed by atoms with Gasteiger partial charge in [0.15, 0.2) is 0 Å². The minimum atomic E-state index is -0.750. The van der Waals surface area contributed by atoms with Gasteiger partial charge in [-0.3, -0.25) is 9.59 Å². The average molecular weight is 330 g/mol. The summed E-state index contributed by atoms with van der Waals surface area (Å²) in [5.41, 5.74) is 6.22. The SMILES string of the molecule is Cc1oc2ccc(OCC3CCC3)cc2c1C(=O)N[C@@H](C)C(N)=O. The van der Waals surface area contributed by atoms with Gasteiger partial charge in [0, 0.05) is 5.39 Å². The summed E-state index contributed by atoms with van der Waals surface area (Å²) < 4.78 is 11.5. The Labute approximate surface area is 140 Å². The third kappa shape index (κ3) is 3.22. The monoisotopic (exact) mass is 330 g/mol. The molecule has 1 aromatic carbocycles. The Balaban J connectivity index is 1.84. The van der Waals surface area contributed by atoms with Crippen molar-refractivity contribution in [2.45, 2.75) is 39.2 Å². The molecule has 0 spiro atoms. The lowest BCUT2D eigenvalue weighted by Gasteiger charge is -2.25. The molecule has 3 N–H and O–H groups in total. The molecular formula is C18H22N2O4. The van der Waals surface area contributed by atoms with Crippen LogP contribution in [0.15, 0.2) is 22.6 Å². The van der Waals surface area contributed by atoms with E-state index >= 15 is 0 Å². The van der Waals surface area contributed by atoms with Gasteiger partial charge in [0.25, 0.3) is 5.91 Å². The number of amides is 2. The van der Waals surface area contributed by atoms with Gasteiger partial charge in [-0.05, 0) is 50.8 Å². The summed E-state index contributed by atoms with van der Waals surface area (Å²) in [6.45, 7) is 3.96. The molecule has 1 aliphatic rings. The lowest BCUT2D eigenvalue weighted by atomic mass is 9.86. The average Bonchev–Trinajstić information content (AvgIpc) is 2.80. The Morgan fingerprint density at radius 1 is 1.42 bits per heavy atom. The number of nitrogens with two attached hydrogens (primary N) is 1. The van der Waals surface area contributed by atoms with E-state index in [0.717, 1.165) is 0 Å². The molecule has 3 rings (SSSR count). The highest BCUT2D eigenvalue weighted by molar-refractivity contribution is 6.08. The van der Waals surface area contributed by atoms with Crippen LogP contribution in [0.5, 0.6) is 5.75 Å². The summed E-state index contributed by atoms with van der Waals surface area (Å²) in [6.07, 6.45) is 3.70. The number of rotatable bonds is 6. The predicted octanol–water partition coefficient (Wildman–Crippen LogP) is 2.52. The summed E-state index contributed by atoms with van der Waals surface area (Å²) in [5.74, 6) is 0.875. The molecule has 0 unspecified atom stereocenters. The Bertz CT molecular complexity index is 777. The van der Waals surface area contributed by atoms with Crippen LogP contribution in [0.1, 0.15) is 42.3 Å². The number of primary amides is 1. The maximum absolute atomic E-state index is 12.5. The van der Waals surface area contributed by atoms with E-state index in [4.69, 9.17) is 14.9 Å². The van der Waals surface area contributed by atoms with Crippen LogP contribution >= 0.6 is 0 Å². The van der Waals surface area contributed by atoms with Crippen molar-refractivity contribution in [1.82, 2.24) is 5.32 Å². The normalized spacial score (nSPS) is 15.8. The number of carbonyl (C=O) groups excluding carboxylic acids is 2. The molecule has 0 saturated heterocycles. The molecule has 24 heavy (non-hydrogen) atoms. The number of fused-ring (bicyclic) bond motifs is 1. The van der Waals surface area contributed by atoms with Crippen molar-refractivity contribution in [1.29, 1.82) is 0 Å². The van der Waals surface area contributed by atoms with E-state index in [2.05, 4.69) is 5.32 Å². The molecular weight excluding hydrogens is 308 g/mol. The second-order valence-electron chi connectivity index (χ2n) is 6.40. The van der Waals surface area contributed by atoms with Crippen LogP contribution in [0.4, 0.5) is 0 Å². The fraction of sp³-hybridized carbons (Fsp3) is 0.444. The van der Waals surface area contributed by atoms with Gasteiger partial charge in [0.2, 0.25) is 5.91 Å². The van der Waals surface area contributed by atoms with Gasteiger partial charge in [-0.15, -0.1) is 0 Å². The van der Waals surface area contributed by atoms with Gasteiger partial charge in [-0.1, -0.05) is 6.42 Å². The number of ether oxygens (including phenoxy) is 1. The van der Waals surface area contributed by atoms with Gasteiger partial charge >= 0.3 is 0 Å². The molecule has 2 aromatic rings. The zero-order chi connectivity index (χ0) is 17.3. The number of benzene rings is 1. The summed E-state index contributed by atoms with van der Waals surface area (Å²) in [4.78, 5) is 23.6. The molecule has 1 atom stereocenters. The highest BCUT2D eigenvalue weighted by Crippen LogP contribution is 2.31. The van der Waals surface area contributed by atoms with Crippen LogP contribution in [0.2, 0.25) is 0 Å². The smallest absolute Gasteiger partial charge is 0.256 e. The van der Waals surface area contributed by atoms with E-state index in [1.807, 2.05) is 12.1 Å². The van der Waals surface area contributed by atoms with Crippen LogP contribution in [0.3, 0.4) is 0 Å². The van der Waals surface area contributed by atoms with Crippen molar-refractivity contribution in [3.63, 3.8) is 0 Å². The van der Waals surface area contributed by atoms with E-state index in [0.29, 0.717) is 40.6 Å². The van der Waals surface area contributed by atoms with Gasteiger partial charge < -0.3 is 20.2 Å². The molecule has 128 valence electrons. The molecule has 1 aromatic heterocycles. The standard InChI is InChI=1S/C18H22N2O4/c1-10(17(19)21)20-18(22)16-11(2)24-15-7-6-13(8-14(15)16)23-9-12-4-3-5-12/h6-8,10,12H,3-5,9H2,1-2H3,(H2,19,21)(H,20,22)/t10-/m0/s1. The van der Waals surface area contributed by atoms with Crippen LogP contribution < -0.4 is 15.8 Å². The van der Waals surface area contributed by atoms with Crippen molar-refractivity contribution < 1.29 is 18.7 Å². The van der Waals surface area contributed by atoms with Crippen molar-refractivity contribution in [3.05, 3.63) is 29.5 Å². The van der Waals surface area contributed by atoms with E-state index in [1.54, 1.807) is 19.9 Å². The topological polar surface area (TPSA) is 94.6 Å². The summed E-state index contributed by atoms with van der Waals surface area (Å²) in [5, 5.41) is 3.26. The first kappa shape index (κ1) is 16.4. The van der Waals surface area contributed by atoms with Crippen molar-refractivity contribution in [2.24, 2.45) is 11.7 Å². The lowest BCUT2D eigenvalue weighted by molar-refractivity contribution is -0.119. The number of hydrogen-bond acceptors (Lipinski definition) is 4. The van der Waals surface area contributed by atoms with Crippen LogP contribution in [0, 0.1) is 12.8 Å². The zero-order valence-electron chi connectivity index (χ0n) is 13.9. The molecule has 6 heteroatoms. The molecule has 0 bridgehead atoms. The molecule has 1 heterocycles. The molecule has 2 amide bonds. The predicted molar refractivity (Wildman–Crippen MR) is 89.9 cm³/mol. The van der Waals surface area contributed by atoms with Crippen molar-refractivity contribution in [3.8, 4) is 5.75 Å². The van der Waals surface area contributed by atoms with E-state index in [1.165, 1.54) is 19.3 Å². The molecule has 1 saturated carbocycles. The molecule has 6 nitrogen and oxygen atoms in total. The van der Waals surface area contributed by atoms with Crippen LogP contribution in [0.25, 0.3) is 11.0 Å². The minimum absolute atomic E-state index is 0.381. The number of hydrogen-bond donors (Lipinski definition) is 2. The Morgan fingerprint density at radius 2 is 2.17 bits per heavy atom. The molecule has 1 aliphatic carbocycles. The number of carbonyl (C=O) groups is 2. The number of nitrogens with one attached hydrogen (secondary N) is 1. The maximum atomic E-state index is 12.5. The highest BCUT2D eigenvalue weighted by atomic mass is 16.5. The maximum Gasteiger partial charge on any atom is 0.256 e. The molecule has 0 aliphatic heterocycles. The van der Waals surface area contributed by atoms with Crippen molar-refractivity contribution >= 4 is 22.8 Å². The quantitative estimate of drug-likeness (QED) is 0.851. The second kappa shape index (κ2) is 6.55. The summed E-state index contributed by atoms with van der Waals surface area (Å²) >= 11 is 0. The Kier molecular flexibility index (Phi) is 4.46. The third-order valence-electron chi connectivity index (χ3n) is 4.55. The van der Waals surface area contributed by atoms with Crippen LogP contribution in [-0.2, 0) is 4.79 Å². The second-order valence-corrected chi connectivity index (χ2v) is 6.40. The van der Waals surface area contributed by atoms with E-state index in [9.17, 15) is 9.59 Å². The minimum Gasteiger partial charge on any atom is -0.493 e. The summed E-state index contributed by atoms with van der Waals surface area (Å²) in [6, 6.07) is 4.71. The van der Waals surface area contributed by atoms with Gasteiger partial charge in [0.1, 0.15) is 23.1 Å². The molecule has 1 fully saturated rings.